The van der Waals surface area contributed by atoms with Gasteiger partial charge >= 0.3 is 0 Å². The Labute approximate surface area is 137 Å². The second-order valence-corrected chi connectivity index (χ2v) is 7.10. The van der Waals surface area contributed by atoms with E-state index in [0.29, 0.717) is 5.56 Å². The zero-order valence-electron chi connectivity index (χ0n) is 13.4. The summed E-state index contributed by atoms with van der Waals surface area (Å²) < 4.78 is 0. The number of anilines is 1. The summed E-state index contributed by atoms with van der Waals surface area (Å²) in [5.41, 5.74) is 5.73. The first kappa shape index (κ1) is 14.7. The number of hydrogen-bond donors (Lipinski definition) is 1. The summed E-state index contributed by atoms with van der Waals surface area (Å²) in [6, 6.07) is 3.66. The van der Waals surface area contributed by atoms with Gasteiger partial charge in [-0.3, -0.25) is 9.69 Å². The Balaban J connectivity index is 1.30. The first-order valence-corrected chi connectivity index (χ1v) is 8.60. The number of carbonyl (C=O) groups is 1. The monoisotopic (exact) mass is 312 g/mol. The molecule has 5 heteroatoms. The van der Waals surface area contributed by atoms with E-state index in [1.165, 1.54) is 19.4 Å². The van der Waals surface area contributed by atoms with Crippen LogP contribution in [0.25, 0.3) is 0 Å². The number of fused-ring (bicyclic) bond motifs is 2. The highest BCUT2D eigenvalue weighted by atomic mass is 16.1. The lowest BCUT2D eigenvalue weighted by Crippen LogP contribution is -2.48. The largest absolute Gasteiger partial charge is 0.366 e. The predicted molar refractivity (Wildman–Crippen MR) is 90.3 cm³/mol. The molecule has 1 aromatic heterocycles. The van der Waals surface area contributed by atoms with Crippen molar-refractivity contribution in [2.24, 2.45) is 23.5 Å². The molecule has 122 valence electrons. The van der Waals surface area contributed by atoms with E-state index >= 15 is 0 Å². The Hall–Kier alpha value is -1.88. The fourth-order valence-corrected chi connectivity index (χ4v) is 4.31. The van der Waals surface area contributed by atoms with Crippen LogP contribution in [0.4, 0.5) is 5.82 Å². The highest BCUT2D eigenvalue weighted by Crippen LogP contribution is 2.43. The molecule has 5 nitrogen and oxygen atoms in total. The predicted octanol–water partition coefficient (Wildman–Crippen LogP) is 1.51. The van der Waals surface area contributed by atoms with Crippen LogP contribution in [-0.4, -0.2) is 48.5 Å². The van der Waals surface area contributed by atoms with Crippen molar-refractivity contribution in [1.82, 2.24) is 9.88 Å². The zero-order chi connectivity index (χ0) is 15.8. The molecule has 2 heterocycles. The first-order valence-electron chi connectivity index (χ1n) is 8.60. The van der Waals surface area contributed by atoms with Crippen LogP contribution in [0.15, 0.2) is 30.5 Å². The molecule has 2 fully saturated rings. The van der Waals surface area contributed by atoms with Gasteiger partial charge < -0.3 is 10.6 Å². The second-order valence-electron chi connectivity index (χ2n) is 7.10. The van der Waals surface area contributed by atoms with Gasteiger partial charge in [-0.2, -0.15) is 0 Å². The Morgan fingerprint density at radius 1 is 1.17 bits per heavy atom. The lowest BCUT2D eigenvalue weighted by atomic mass is 9.93. The summed E-state index contributed by atoms with van der Waals surface area (Å²) >= 11 is 0. The number of nitrogens with zero attached hydrogens (tertiary/aromatic N) is 3. The van der Waals surface area contributed by atoms with Crippen molar-refractivity contribution in [2.45, 2.75) is 12.8 Å². The van der Waals surface area contributed by atoms with Gasteiger partial charge in [-0.1, -0.05) is 12.2 Å². The van der Waals surface area contributed by atoms with Crippen molar-refractivity contribution >= 4 is 11.7 Å². The number of piperazine rings is 1. The molecule has 2 N–H and O–H groups in total. The Morgan fingerprint density at radius 2 is 2.00 bits per heavy atom. The van der Waals surface area contributed by atoms with Crippen molar-refractivity contribution in [3.8, 4) is 0 Å². The van der Waals surface area contributed by atoms with Crippen LogP contribution in [0.3, 0.4) is 0 Å². The van der Waals surface area contributed by atoms with E-state index in [-0.39, 0.29) is 0 Å². The summed E-state index contributed by atoms with van der Waals surface area (Å²) in [6.45, 7) is 5.43. The zero-order valence-corrected chi connectivity index (χ0v) is 13.4. The summed E-state index contributed by atoms with van der Waals surface area (Å²) in [5, 5.41) is 0. The van der Waals surface area contributed by atoms with Crippen LogP contribution < -0.4 is 10.6 Å². The van der Waals surface area contributed by atoms with Gasteiger partial charge in [0.25, 0.3) is 0 Å². The molecule has 3 aliphatic rings. The van der Waals surface area contributed by atoms with Crippen molar-refractivity contribution < 1.29 is 4.79 Å². The summed E-state index contributed by atoms with van der Waals surface area (Å²) in [5.74, 6) is 3.08. The molecule has 23 heavy (non-hydrogen) atoms. The minimum absolute atomic E-state index is 0.422. The third-order valence-corrected chi connectivity index (χ3v) is 5.64. The molecule has 4 rings (SSSR count). The van der Waals surface area contributed by atoms with Gasteiger partial charge in [0.1, 0.15) is 5.82 Å². The fraction of sp³-hybridized carbons (Fsp3) is 0.556. The Bertz CT molecular complexity index is 604. The van der Waals surface area contributed by atoms with Gasteiger partial charge in [0.15, 0.2) is 0 Å². The number of carbonyl (C=O) groups excluding carboxylic acids is 1. The molecule has 1 amide bonds. The molecule has 2 bridgehead atoms. The number of pyridine rings is 1. The highest BCUT2D eigenvalue weighted by Gasteiger charge is 2.36. The lowest BCUT2D eigenvalue weighted by Gasteiger charge is -2.37. The maximum absolute atomic E-state index is 11.1. The van der Waals surface area contributed by atoms with Crippen LogP contribution >= 0.6 is 0 Å². The fourth-order valence-electron chi connectivity index (χ4n) is 4.31. The van der Waals surface area contributed by atoms with E-state index in [0.717, 1.165) is 49.8 Å². The van der Waals surface area contributed by atoms with Crippen molar-refractivity contribution in [2.75, 3.05) is 37.6 Å². The highest BCUT2D eigenvalue weighted by molar-refractivity contribution is 5.92. The molecule has 3 atom stereocenters. The minimum Gasteiger partial charge on any atom is -0.366 e. The Kier molecular flexibility index (Phi) is 3.81. The van der Waals surface area contributed by atoms with Gasteiger partial charge in [0.2, 0.25) is 5.91 Å². The van der Waals surface area contributed by atoms with Crippen LogP contribution in [0.2, 0.25) is 0 Å². The lowest BCUT2D eigenvalue weighted by molar-refractivity contribution is 0.1000. The molecule has 0 unspecified atom stereocenters. The molecule has 2 aliphatic carbocycles. The van der Waals surface area contributed by atoms with E-state index in [2.05, 4.69) is 26.9 Å². The molecular weight excluding hydrogens is 288 g/mol. The summed E-state index contributed by atoms with van der Waals surface area (Å²) in [4.78, 5) is 20.4. The van der Waals surface area contributed by atoms with Gasteiger partial charge in [-0.15, -0.1) is 0 Å². The molecule has 1 aromatic rings. The van der Waals surface area contributed by atoms with Crippen molar-refractivity contribution in [3.63, 3.8) is 0 Å². The first-order chi connectivity index (χ1) is 11.2. The van der Waals surface area contributed by atoms with E-state index in [1.54, 1.807) is 12.3 Å². The summed E-state index contributed by atoms with van der Waals surface area (Å²) in [6.07, 6.45) is 9.21. The van der Waals surface area contributed by atoms with E-state index in [1.807, 2.05) is 6.07 Å². The van der Waals surface area contributed by atoms with Gasteiger partial charge in [0, 0.05) is 38.9 Å². The number of nitrogens with two attached hydrogens (primary N) is 1. The van der Waals surface area contributed by atoms with Crippen LogP contribution in [0.1, 0.15) is 23.2 Å². The van der Waals surface area contributed by atoms with E-state index < -0.39 is 5.91 Å². The van der Waals surface area contributed by atoms with Gasteiger partial charge in [-0.05, 0) is 42.7 Å². The van der Waals surface area contributed by atoms with Crippen LogP contribution in [0.5, 0.6) is 0 Å². The summed E-state index contributed by atoms with van der Waals surface area (Å²) in [7, 11) is 0. The molecule has 0 radical (unpaired) electrons. The number of allylic oxidation sites excluding steroid dienone is 2. The minimum atomic E-state index is -0.422. The topological polar surface area (TPSA) is 62.5 Å². The quantitative estimate of drug-likeness (QED) is 0.856. The molecule has 0 spiro atoms. The maximum Gasteiger partial charge on any atom is 0.250 e. The van der Waals surface area contributed by atoms with Gasteiger partial charge in [-0.25, -0.2) is 4.98 Å². The maximum atomic E-state index is 11.1. The average molecular weight is 312 g/mol. The average Bonchev–Trinajstić information content (AvgIpc) is 3.18. The third kappa shape index (κ3) is 2.98. The van der Waals surface area contributed by atoms with Crippen LogP contribution in [0, 0.1) is 17.8 Å². The number of amides is 1. The van der Waals surface area contributed by atoms with Gasteiger partial charge in [0.05, 0.1) is 5.56 Å². The molecule has 1 saturated carbocycles. The van der Waals surface area contributed by atoms with Crippen molar-refractivity contribution in [1.29, 1.82) is 0 Å². The number of hydrogen-bond acceptors (Lipinski definition) is 4. The second kappa shape index (κ2) is 5.96. The number of aromatic nitrogens is 1. The van der Waals surface area contributed by atoms with Crippen LogP contribution in [-0.2, 0) is 0 Å². The standard InChI is InChI=1S/C18H24N4O/c19-18(23)15-3-4-17(20-11-15)22-7-5-21(6-8-22)12-16-10-13-1-2-14(16)9-13/h1-4,11,13-14,16H,5-10,12H2,(H2,19,23)/t13-,14+,16+/m0/s1. The van der Waals surface area contributed by atoms with E-state index in [4.69, 9.17) is 5.73 Å². The smallest absolute Gasteiger partial charge is 0.250 e. The SMILES string of the molecule is NC(=O)c1ccc(N2CCN(C[C@H]3C[C@H]4C=C[C@@H]3C4)CC2)nc1. The number of primary amides is 1. The molecule has 1 saturated heterocycles. The van der Waals surface area contributed by atoms with Crippen molar-refractivity contribution in [3.05, 3.63) is 36.0 Å². The Morgan fingerprint density at radius 3 is 2.57 bits per heavy atom. The molecular formula is C18H24N4O. The van der Waals surface area contributed by atoms with E-state index in [9.17, 15) is 4.79 Å². The molecule has 1 aliphatic heterocycles. The molecule has 0 aromatic carbocycles. The third-order valence-electron chi connectivity index (χ3n) is 5.64. The normalized spacial score (nSPS) is 30.1. The number of rotatable bonds is 4.